The zero-order valence-corrected chi connectivity index (χ0v) is 9.44. The van der Waals surface area contributed by atoms with Crippen LogP contribution in [0.5, 0.6) is 5.75 Å². The van der Waals surface area contributed by atoms with E-state index in [1.54, 1.807) is 6.07 Å². The SMILES string of the molecule is CCCOc1cc(F)cc(C=NNC(N)=O)c1. The number of carbonyl (C=O) groups is 1. The van der Waals surface area contributed by atoms with Crippen molar-refractivity contribution in [1.82, 2.24) is 5.43 Å². The van der Waals surface area contributed by atoms with Crippen LogP contribution in [0.4, 0.5) is 9.18 Å². The van der Waals surface area contributed by atoms with E-state index in [1.807, 2.05) is 12.3 Å². The summed E-state index contributed by atoms with van der Waals surface area (Å²) in [7, 11) is 0. The molecule has 0 heterocycles. The van der Waals surface area contributed by atoms with Gasteiger partial charge in [0.25, 0.3) is 0 Å². The number of ether oxygens (including phenoxy) is 1. The fraction of sp³-hybridized carbons (Fsp3) is 0.273. The van der Waals surface area contributed by atoms with Gasteiger partial charge in [0.05, 0.1) is 12.8 Å². The van der Waals surface area contributed by atoms with Crippen LogP contribution in [-0.4, -0.2) is 18.9 Å². The van der Waals surface area contributed by atoms with Crippen LogP contribution in [0.15, 0.2) is 23.3 Å². The van der Waals surface area contributed by atoms with E-state index >= 15 is 0 Å². The average molecular weight is 239 g/mol. The Morgan fingerprint density at radius 2 is 2.35 bits per heavy atom. The van der Waals surface area contributed by atoms with Crippen molar-refractivity contribution in [2.24, 2.45) is 10.8 Å². The molecule has 0 aliphatic carbocycles. The van der Waals surface area contributed by atoms with Crippen molar-refractivity contribution < 1.29 is 13.9 Å². The van der Waals surface area contributed by atoms with E-state index in [9.17, 15) is 9.18 Å². The lowest BCUT2D eigenvalue weighted by atomic mass is 10.2. The summed E-state index contributed by atoms with van der Waals surface area (Å²) in [5.74, 6) is -0.00787. The first kappa shape index (κ1) is 13.0. The molecule has 0 fully saturated rings. The van der Waals surface area contributed by atoms with Crippen LogP contribution in [0.3, 0.4) is 0 Å². The Kier molecular flexibility index (Phi) is 4.93. The van der Waals surface area contributed by atoms with Crippen molar-refractivity contribution >= 4 is 12.2 Å². The normalized spacial score (nSPS) is 10.5. The first-order valence-electron chi connectivity index (χ1n) is 5.13. The van der Waals surface area contributed by atoms with Gasteiger partial charge in [0.1, 0.15) is 11.6 Å². The Morgan fingerprint density at radius 1 is 1.59 bits per heavy atom. The van der Waals surface area contributed by atoms with Gasteiger partial charge in [0.15, 0.2) is 0 Å². The summed E-state index contributed by atoms with van der Waals surface area (Å²) in [5.41, 5.74) is 7.32. The molecular weight excluding hydrogens is 225 g/mol. The zero-order valence-electron chi connectivity index (χ0n) is 9.44. The van der Waals surface area contributed by atoms with E-state index in [1.165, 1.54) is 18.3 Å². The summed E-state index contributed by atoms with van der Waals surface area (Å²) in [6.07, 6.45) is 2.12. The minimum absolute atomic E-state index is 0.423. The Morgan fingerprint density at radius 3 is 3.00 bits per heavy atom. The summed E-state index contributed by atoms with van der Waals surface area (Å²) in [6, 6.07) is 3.39. The number of rotatable bonds is 5. The zero-order chi connectivity index (χ0) is 12.7. The second-order valence-corrected chi connectivity index (χ2v) is 3.30. The van der Waals surface area contributed by atoms with Crippen molar-refractivity contribution in [1.29, 1.82) is 0 Å². The second-order valence-electron chi connectivity index (χ2n) is 3.30. The molecule has 0 saturated heterocycles. The van der Waals surface area contributed by atoms with Crippen molar-refractivity contribution in [3.63, 3.8) is 0 Å². The first-order chi connectivity index (χ1) is 8.11. The Balaban J connectivity index is 2.74. The molecule has 0 aliphatic rings. The van der Waals surface area contributed by atoms with Gasteiger partial charge in [-0.15, -0.1) is 0 Å². The second kappa shape index (κ2) is 6.47. The number of hydrazone groups is 1. The monoisotopic (exact) mass is 239 g/mol. The Labute approximate surface area is 98.5 Å². The van der Waals surface area contributed by atoms with Crippen molar-refractivity contribution in [2.45, 2.75) is 13.3 Å². The first-order valence-corrected chi connectivity index (χ1v) is 5.13. The van der Waals surface area contributed by atoms with Crippen LogP contribution in [0.2, 0.25) is 0 Å². The fourth-order valence-corrected chi connectivity index (χ4v) is 1.13. The summed E-state index contributed by atoms with van der Waals surface area (Å²) in [6.45, 7) is 2.47. The van der Waals surface area contributed by atoms with Gasteiger partial charge < -0.3 is 10.5 Å². The molecule has 0 aromatic heterocycles. The molecule has 0 radical (unpaired) electrons. The van der Waals surface area contributed by atoms with Gasteiger partial charge in [-0.05, 0) is 18.6 Å². The predicted octanol–water partition coefficient (Wildman–Crippen LogP) is 1.62. The number of urea groups is 1. The highest BCUT2D eigenvalue weighted by molar-refractivity contribution is 5.82. The van der Waals surface area contributed by atoms with Crippen molar-refractivity contribution in [2.75, 3.05) is 6.61 Å². The molecule has 3 N–H and O–H groups in total. The topological polar surface area (TPSA) is 76.7 Å². The van der Waals surface area contributed by atoms with Crippen LogP contribution in [0.1, 0.15) is 18.9 Å². The number of halogens is 1. The maximum absolute atomic E-state index is 13.2. The molecular formula is C11H14FN3O2. The number of nitrogens with one attached hydrogen (secondary N) is 1. The summed E-state index contributed by atoms with van der Waals surface area (Å²) < 4.78 is 18.5. The molecule has 5 nitrogen and oxygen atoms in total. The molecule has 1 aromatic rings. The third-order valence-electron chi connectivity index (χ3n) is 1.75. The smallest absolute Gasteiger partial charge is 0.332 e. The number of carbonyl (C=O) groups excluding carboxylic acids is 1. The lowest BCUT2D eigenvalue weighted by Crippen LogP contribution is -2.24. The summed E-state index contributed by atoms with van der Waals surface area (Å²) in [4.78, 5) is 10.4. The van der Waals surface area contributed by atoms with Gasteiger partial charge in [0, 0.05) is 11.6 Å². The summed E-state index contributed by atoms with van der Waals surface area (Å²) in [5, 5.41) is 3.53. The number of primary amides is 1. The minimum atomic E-state index is -0.778. The van der Waals surface area contributed by atoms with E-state index in [0.717, 1.165) is 6.42 Å². The molecule has 0 atom stereocenters. The number of hydrogen-bond donors (Lipinski definition) is 2. The number of amides is 2. The molecule has 92 valence electrons. The molecule has 0 unspecified atom stereocenters. The van der Waals surface area contributed by atoms with Gasteiger partial charge in [-0.1, -0.05) is 6.92 Å². The van der Waals surface area contributed by atoms with Crippen molar-refractivity contribution in [3.05, 3.63) is 29.6 Å². The minimum Gasteiger partial charge on any atom is -0.493 e. The fourth-order valence-electron chi connectivity index (χ4n) is 1.13. The maximum atomic E-state index is 13.2. The van der Waals surface area contributed by atoms with Crippen LogP contribution in [0, 0.1) is 5.82 Å². The summed E-state index contributed by atoms with van der Waals surface area (Å²) >= 11 is 0. The highest BCUT2D eigenvalue weighted by atomic mass is 19.1. The number of nitrogens with two attached hydrogens (primary N) is 1. The standard InChI is InChI=1S/C11H14FN3O2/c1-2-3-17-10-5-8(4-9(12)6-10)7-14-15-11(13)16/h4-7H,2-3H2,1H3,(H3,13,15,16). The van der Waals surface area contributed by atoms with E-state index in [4.69, 9.17) is 10.5 Å². The van der Waals surface area contributed by atoms with Crippen LogP contribution in [0.25, 0.3) is 0 Å². The largest absolute Gasteiger partial charge is 0.493 e. The maximum Gasteiger partial charge on any atom is 0.332 e. The lowest BCUT2D eigenvalue weighted by Gasteiger charge is -2.05. The molecule has 0 spiro atoms. The predicted molar refractivity (Wildman–Crippen MR) is 62.5 cm³/mol. The Bertz CT molecular complexity index is 421. The average Bonchev–Trinajstić information content (AvgIpc) is 2.25. The number of hydrogen-bond acceptors (Lipinski definition) is 3. The van der Waals surface area contributed by atoms with Gasteiger partial charge >= 0.3 is 6.03 Å². The molecule has 1 aromatic carbocycles. The van der Waals surface area contributed by atoms with Crippen LogP contribution >= 0.6 is 0 Å². The quantitative estimate of drug-likeness (QED) is 0.605. The highest BCUT2D eigenvalue weighted by Crippen LogP contribution is 2.15. The highest BCUT2D eigenvalue weighted by Gasteiger charge is 2.00. The molecule has 6 heteroatoms. The number of nitrogens with zero attached hydrogens (tertiary/aromatic N) is 1. The molecule has 0 aliphatic heterocycles. The van der Waals surface area contributed by atoms with Gasteiger partial charge in [0.2, 0.25) is 0 Å². The van der Waals surface area contributed by atoms with Crippen LogP contribution < -0.4 is 15.9 Å². The van der Waals surface area contributed by atoms with Gasteiger partial charge in [-0.2, -0.15) is 5.10 Å². The van der Waals surface area contributed by atoms with E-state index < -0.39 is 11.8 Å². The van der Waals surface area contributed by atoms with E-state index in [-0.39, 0.29) is 0 Å². The molecule has 0 saturated carbocycles. The molecule has 17 heavy (non-hydrogen) atoms. The van der Waals surface area contributed by atoms with E-state index in [0.29, 0.717) is 17.9 Å². The number of benzene rings is 1. The lowest BCUT2D eigenvalue weighted by molar-refractivity contribution is 0.249. The molecule has 0 bridgehead atoms. The van der Waals surface area contributed by atoms with E-state index in [2.05, 4.69) is 5.10 Å². The Hall–Kier alpha value is -2.11. The van der Waals surface area contributed by atoms with Crippen molar-refractivity contribution in [3.8, 4) is 5.75 Å². The third-order valence-corrected chi connectivity index (χ3v) is 1.75. The van der Waals surface area contributed by atoms with Gasteiger partial charge in [-0.3, -0.25) is 0 Å². The molecule has 1 rings (SSSR count). The molecule has 2 amide bonds. The third kappa shape index (κ3) is 4.96. The van der Waals surface area contributed by atoms with Gasteiger partial charge in [-0.25, -0.2) is 14.6 Å². The van der Waals surface area contributed by atoms with Crippen LogP contribution in [-0.2, 0) is 0 Å².